The van der Waals surface area contributed by atoms with Crippen LogP contribution in [0.2, 0.25) is 0 Å². The molecule has 4 atom stereocenters. The van der Waals surface area contributed by atoms with Gasteiger partial charge >= 0.3 is 84.3 Å². The van der Waals surface area contributed by atoms with E-state index in [1.54, 1.807) is 12.4 Å². The van der Waals surface area contributed by atoms with E-state index in [2.05, 4.69) is 372 Å². The first-order valence-electron chi connectivity index (χ1n) is 47.6. The minimum atomic E-state index is 0. The van der Waals surface area contributed by atoms with Crippen LogP contribution in [-0.4, -0.2) is 49.8 Å². The van der Waals surface area contributed by atoms with Gasteiger partial charge in [0, 0.05) is 70.4 Å². The average Bonchev–Trinajstić information content (AvgIpc) is 0.979. The van der Waals surface area contributed by atoms with E-state index in [-0.39, 0.29) is 101 Å². The van der Waals surface area contributed by atoms with Crippen LogP contribution >= 0.6 is 0 Å². The van der Waals surface area contributed by atoms with Gasteiger partial charge in [-0.3, -0.25) is 29.9 Å². The van der Waals surface area contributed by atoms with Crippen molar-refractivity contribution in [1.29, 1.82) is 0 Å². The first-order chi connectivity index (χ1) is 64.4. The predicted molar refractivity (Wildman–Crippen MR) is 551 cm³/mol. The second-order valence-corrected chi connectivity index (χ2v) is 39.9. The van der Waals surface area contributed by atoms with Crippen molar-refractivity contribution in [1.82, 2.24) is 59.8 Å². The third-order valence-electron chi connectivity index (χ3n) is 24.3. The van der Waals surface area contributed by atoms with E-state index in [9.17, 15) is 0 Å². The molecule has 0 aliphatic rings. The van der Waals surface area contributed by atoms with Gasteiger partial charge in [0.05, 0.1) is 11.2 Å². The second kappa shape index (κ2) is 50.9. The molecule has 138 heavy (non-hydrogen) atoms. The summed E-state index contributed by atoms with van der Waals surface area (Å²) in [5.41, 5.74) is 33.1. The van der Waals surface area contributed by atoms with Gasteiger partial charge in [-0.2, -0.15) is 34.6 Å². The minimum absolute atomic E-state index is 0. The summed E-state index contributed by atoms with van der Waals surface area (Å²) < 4.78 is 0. The summed E-state index contributed by atoms with van der Waals surface area (Å²) in [7, 11) is 0. The quantitative estimate of drug-likeness (QED) is 0.0473. The molecule has 17 aromatic rings. The van der Waals surface area contributed by atoms with Crippen LogP contribution in [0.1, 0.15) is 242 Å². The van der Waals surface area contributed by atoms with E-state index in [4.69, 9.17) is 49.8 Å². The third kappa shape index (κ3) is 31.1. The average molecular weight is 2540 g/mol. The molecule has 4 unspecified atom stereocenters. The number of hydrogen-bond donors (Lipinski definition) is 0. The molecule has 12 aromatic heterocycles. The summed E-state index contributed by atoms with van der Waals surface area (Å²) in [6, 6.07) is 113. The van der Waals surface area contributed by atoms with Gasteiger partial charge in [-0.1, -0.05) is 271 Å². The van der Waals surface area contributed by atoms with Crippen molar-refractivity contribution >= 4 is 10.9 Å². The predicted octanol–water partition coefficient (Wildman–Crippen LogP) is 29.6. The molecule has 0 amide bonds. The fourth-order valence-electron chi connectivity index (χ4n) is 16.1. The second-order valence-electron chi connectivity index (χ2n) is 39.9. The Morgan fingerprint density at radius 3 is 1.01 bits per heavy atom. The maximum absolute atomic E-state index is 5.08. The number of para-hydroxylation sites is 1. The summed E-state index contributed by atoms with van der Waals surface area (Å²) in [4.78, 5) is 58.2. The van der Waals surface area contributed by atoms with Crippen LogP contribution in [0.5, 0.6) is 0 Å². The Hall–Kier alpha value is -10.8. The molecular weight excluding hydrogens is 2410 g/mol. The van der Waals surface area contributed by atoms with Crippen LogP contribution in [0.25, 0.3) is 112 Å². The van der Waals surface area contributed by atoms with Crippen molar-refractivity contribution < 1.29 is 84.3 Å². The Balaban J connectivity index is 0.000000188. The molecule has 5 aromatic carbocycles. The van der Waals surface area contributed by atoms with Gasteiger partial charge in [0.2, 0.25) is 0 Å². The van der Waals surface area contributed by atoms with Crippen LogP contribution in [0, 0.1) is 64.5 Å². The standard InChI is InChI=1S/C33H36N2.C31H34N4.C31H26N2.C27H30N4.4Pt/c1-22(2)24(5)26-11-7-13-28(19-26)32-17-9-15-30(34-32)21-31-16-10-18-33(35-31)29-14-8-12-27(20-29)25(6)23(3)4;1-30(2,3)20-26-17-22(13-15-32-26)28-11-7-9-24(34-28)19-25-10-8-12-29(35-25)23-14-16-33-27(18-23)21-31(4,5)6;1-31(2,3)21-22-19-28(24-13-8-5-9-14-24)32-29(20-22)26-16-10-15-25-17-18-27(33-30(25)26)23-11-6-4-7-12-23;1-5-18(3)22-13-15-26(30-22)24-11-7-9-20(28-24)17-21-10-8-12-25(29-21)27-16-14-23(31-27)19(4)6-2;;;;/h7-12,15-20,22-25H,21H2,1-6H3;7-12,15-18H,19-21H2,1-6H3;4-11,13,15-20H,21H2,1-3H3;7-16,18-19H,5-6,17H2,1-4H3;;;;/q4*-2;4*+2. The number of benzene rings is 5. The summed E-state index contributed by atoms with van der Waals surface area (Å²) in [5.74, 6) is 3.11. The van der Waals surface area contributed by atoms with Crippen molar-refractivity contribution in [3.05, 3.63) is 395 Å². The molecule has 0 aliphatic heterocycles. The Bertz CT molecular complexity index is 6450. The van der Waals surface area contributed by atoms with E-state index >= 15 is 0 Å². The van der Waals surface area contributed by atoms with E-state index in [0.29, 0.717) is 54.8 Å². The molecular formula is C122H126N12Pt4. The van der Waals surface area contributed by atoms with Crippen molar-refractivity contribution in [2.45, 2.75) is 207 Å². The van der Waals surface area contributed by atoms with Gasteiger partial charge in [-0.15, -0.1) is 166 Å². The van der Waals surface area contributed by atoms with Crippen LogP contribution < -0.4 is 9.97 Å². The Labute approximate surface area is 878 Å². The molecule has 0 radical (unpaired) electrons. The van der Waals surface area contributed by atoms with Crippen LogP contribution in [0.3, 0.4) is 0 Å². The molecule has 17 rings (SSSR count). The minimum Gasteiger partial charge on any atom is -0.659 e. The zero-order valence-electron chi connectivity index (χ0n) is 82.9. The smallest absolute Gasteiger partial charge is 0.659 e. The molecule has 0 fully saturated rings. The van der Waals surface area contributed by atoms with Crippen molar-refractivity contribution in [2.24, 2.45) is 28.1 Å². The maximum atomic E-state index is 5.08. The first kappa shape index (κ1) is 109. The number of nitrogens with zero attached hydrogens (tertiary/aromatic N) is 12. The van der Waals surface area contributed by atoms with Crippen LogP contribution in [-0.2, 0) is 123 Å². The molecule has 16 heteroatoms. The number of pyridine rings is 10. The van der Waals surface area contributed by atoms with E-state index in [1.807, 2.05) is 78.9 Å². The molecule has 0 saturated carbocycles. The summed E-state index contributed by atoms with van der Waals surface area (Å²) in [6.45, 7) is 42.6. The fraction of sp³-hybridized carbons (Fsp3) is 0.295. The summed E-state index contributed by atoms with van der Waals surface area (Å²) >= 11 is 0. The number of hydrogen-bond acceptors (Lipinski definition) is 10. The van der Waals surface area contributed by atoms with Gasteiger partial charge in [0.25, 0.3) is 0 Å². The molecule has 12 nitrogen and oxygen atoms in total. The summed E-state index contributed by atoms with van der Waals surface area (Å²) in [6.07, 6.45) is 10.5. The molecule has 0 bridgehead atoms. The SMILES string of the molecule is CC(C)(C)Cc1cc(-c2[c-]cccc2)nc(-c2cccc3ccc(-c4[c-]cccc4)nc23)c1.CC(C)(C)Cc1cc(-c2cccc(Cc3cccc(-c4[c-]cnc(CC(C)(C)C)c4)n3)n2)[c-]cn1.CC(C)C(C)c1cc[c-]c(-c2cccc(Cc3cccc(-c4[c-]ccc(C(C)C(C)C)c4)n3)n2)c1.CCC(C)c1ccc(-c2cccc(Cc3cccc(-c4ccc(C(C)CC)[n-]4)n3)n2)[n-]1.[Pt+2].[Pt+2].[Pt+2].[Pt+2]. The van der Waals surface area contributed by atoms with Crippen molar-refractivity contribution in [3.63, 3.8) is 0 Å². The van der Waals surface area contributed by atoms with Crippen molar-refractivity contribution in [3.8, 4) is 102 Å². The van der Waals surface area contributed by atoms with E-state index in [1.165, 1.54) is 16.7 Å². The Kier molecular flexibility index (Phi) is 40.2. The molecule has 0 N–H and O–H groups in total. The normalized spacial score (nSPS) is 12.2. The van der Waals surface area contributed by atoms with Crippen molar-refractivity contribution in [2.75, 3.05) is 0 Å². The largest absolute Gasteiger partial charge is 2.00 e. The number of aromatic nitrogens is 12. The summed E-state index contributed by atoms with van der Waals surface area (Å²) in [5, 5.41) is 1.10. The van der Waals surface area contributed by atoms with Crippen LogP contribution in [0.15, 0.2) is 285 Å². The zero-order valence-corrected chi connectivity index (χ0v) is 92.0. The maximum Gasteiger partial charge on any atom is 2.00 e. The zero-order chi connectivity index (χ0) is 94.6. The fourth-order valence-corrected chi connectivity index (χ4v) is 16.1. The molecule has 12 heterocycles. The number of rotatable bonds is 26. The van der Waals surface area contributed by atoms with Gasteiger partial charge in [-0.25, -0.2) is 0 Å². The van der Waals surface area contributed by atoms with E-state index < -0.39 is 0 Å². The Morgan fingerprint density at radius 1 is 0.283 bits per heavy atom. The van der Waals surface area contributed by atoms with Crippen LogP contribution in [0.4, 0.5) is 0 Å². The number of fused-ring (bicyclic) bond motifs is 1. The third-order valence-corrected chi connectivity index (χ3v) is 24.3. The Morgan fingerprint density at radius 2 is 0.638 bits per heavy atom. The molecule has 0 spiro atoms. The topological polar surface area (TPSA) is 157 Å². The monoisotopic (exact) mass is 2540 g/mol. The molecule has 0 aliphatic carbocycles. The first-order valence-corrected chi connectivity index (χ1v) is 47.6. The molecule has 714 valence electrons. The van der Waals surface area contributed by atoms with Gasteiger partial charge in [0.15, 0.2) is 0 Å². The molecule has 0 saturated heterocycles. The van der Waals surface area contributed by atoms with E-state index in [0.717, 1.165) is 202 Å². The van der Waals surface area contributed by atoms with Gasteiger partial charge in [-0.05, 0) is 189 Å². The van der Waals surface area contributed by atoms with Gasteiger partial charge < -0.3 is 29.9 Å². The van der Waals surface area contributed by atoms with Gasteiger partial charge in [0.1, 0.15) is 0 Å².